The molecule has 0 radical (unpaired) electrons. The number of aromatic hydroxyl groups is 1. The number of hydrogen-bond acceptors (Lipinski definition) is 3. The summed E-state index contributed by atoms with van der Waals surface area (Å²) >= 11 is 0. The lowest BCUT2D eigenvalue weighted by Crippen LogP contribution is -2.34. The van der Waals surface area contributed by atoms with Crippen LogP contribution in [0.4, 0.5) is 5.69 Å². The minimum absolute atomic E-state index is 0.113. The highest BCUT2D eigenvalue weighted by atomic mass is 16.4. The van der Waals surface area contributed by atoms with E-state index in [4.69, 9.17) is 10.2 Å². The molecule has 5 nitrogen and oxygen atoms in total. The molecule has 1 aromatic carbocycles. The van der Waals surface area contributed by atoms with E-state index >= 15 is 0 Å². The molecule has 0 spiro atoms. The first-order chi connectivity index (χ1) is 9.08. The van der Waals surface area contributed by atoms with Crippen LogP contribution < -0.4 is 5.32 Å². The van der Waals surface area contributed by atoms with Crippen LogP contribution in [0.5, 0.6) is 5.75 Å². The molecule has 0 saturated carbocycles. The summed E-state index contributed by atoms with van der Waals surface area (Å²) in [6.07, 6.45) is 4.44. The summed E-state index contributed by atoms with van der Waals surface area (Å²) in [6, 6.07) is 6.07. The molecular weight excluding hydrogens is 246 g/mol. The van der Waals surface area contributed by atoms with Gasteiger partial charge >= 0.3 is 5.97 Å². The number of aliphatic carboxylic acids is 1. The van der Waals surface area contributed by atoms with E-state index < -0.39 is 17.8 Å². The average molecular weight is 261 g/mol. The number of anilines is 1. The van der Waals surface area contributed by atoms with Crippen molar-refractivity contribution in [1.29, 1.82) is 0 Å². The molecule has 100 valence electrons. The van der Waals surface area contributed by atoms with E-state index in [1.165, 1.54) is 12.1 Å². The third-order valence-corrected chi connectivity index (χ3v) is 3.22. The van der Waals surface area contributed by atoms with Gasteiger partial charge in [-0.15, -0.1) is 0 Å². The molecule has 0 aliphatic heterocycles. The quantitative estimate of drug-likeness (QED) is 0.573. The maximum absolute atomic E-state index is 12.1. The Hall–Kier alpha value is -2.30. The number of phenols is 1. The van der Waals surface area contributed by atoms with E-state index in [1.54, 1.807) is 18.2 Å². The molecule has 0 aromatic heterocycles. The minimum Gasteiger partial charge on any atom is -0.508 e. The predicted molar refractivity (Wildman–Crippen MR) is 69.7 cm³/mol. The summed E-state index contributed by atoms with van der Waals surface area (Å²) in [5, 5.41) is 20.9. The molecule has 1 aromatic rings. The van der Waals surface area contributed by atoms with Gasteiger partial charge in [0.2, 0.25) is 5.91 Å². The van der Waals surface area contributed by atoms with Crippen molar-refractivity contribution in [1.82, 2.24) is 0 Å². The third-order valence-electron chi connectivity index (χ3n) is 3.22. The largest absolute Gasteiger partial charge is 0.508 e. The van der Waals surface area contributed by atoms with Gasteiger partial charge in [0.1, 0.15) is 5.75 Å². The molecule has 2 rings (SSSR count). The molecule has 0 heterocycles. The first kappa shape index (κ1) is 13.1. The number of allylic oxidation sites excluding steroid dienone is 2. The van der Waals surface area contributed by atoms with Gasteiger partial charge in [-0.2, -0.15) is 0 Å². The van der Waals surface area contributed by atoms with Crippen LogP contribution in [0.1, 0.15) is 12.8 Å². The van der Waals surface area contributed by atoms with Crippen molar-refractivity contribution in [3.05, 3.63) is 36.4 Å². The standard InChI is InChI=1S/C14H15NO4/c16-10-7-5-9(6-8-10)15-13(17)11-3-1-2-4-12(11)14(18)19/h1-2,5-8,11-12,16H,3-4H2,(H,15,17)(H,18,19). The van der Waals surface area contributed by atoms with E-state index in [-0.39, 0.29) is 11.7 Å². The van der Waals surface area contributed by atoms with Crippen molar-refractivity contribution in [2.45, 2.75) is 12.8 Å². The van der Waals surface area contributed by atoms with E-state index in [2.05, 4.69) is 5.32 Å². The summed E-state index contributed by atoms with van der Waals surface area (Å²) in [4.78, 5) is 23.2. The second-order valence-electron chi connectivity index (χ2n) is 4.53. The Bertz CT molecular complexity index is 507. The van der Waals surface area contributed by atoms with Crippen LogP contribution in [-0.4, -0.2) is 22.1 Å². The van der Waals surface area contributed by atoms with Gasteiger partial charge in [0.05, 0.1) is 11.8 Å². The van der Waals surface area contributed by atoms with Crippen LogP contribution in [0.25, 0.3) is 0 Å². The van der Waals surface area contributed by atoms with Gasteiger partial charge in [-0.3, -0.25) is 9.59 Å². The molecule has 2 unspecified atom stereocenters. The van der Waals surface area contributed by atoms with E-state index in [0.29, 0.717) is 18.5 Å². The Morgan fingerprint density at radius 2 is 1.63 bits per heavy atom. The van der Waals surface area contributed by atoms with Crippen molar-refractivity contribution in [3.63, 3.8) is 0 Å². The molecule has 1 aliphatic carbocycles. The Labute approximate surface area is 110 Å². The van der Waals surface area contributed by atoms with Gasteiger partial charge < -0.3 is 15.5 Å². The van der Waals surface area contributed by atoms with Gasteiger partial charge in [0, 0.05) is 5.69 Å². The zero-order valence-corrected chi connectivity index (χ0v) is 10.2. The molecule has 1 aliphatic rings. The van der Waals surface area contributed by atoms with Gasteiger partial charge in [0.25, 0.3) is 0 Å². The normalized spacial score (nSPS) is 21.9. The Kier molecular flexibility index (Phi) is 3.85. The highest BCUT2D eigenvalue weighted by Crippen LogP contribution is 2.27. The number of carbonyl (C=O) groups is 2. The van der Waals surface area contributed by atoms with Crippen molar-refractivity contribution in [2.24, 2.45) is 11.8 Å². The molecule has 0 fully saturated rings. The average Bonchev–Trinajstić information content (AvgIpc) is 2.41. The number of nitrogens with one attached hydrogen (secondary N) is 1. The maximum Gasteiger partial charge on any atom is 0.307 e. The number of carboxylic acids is 1. The van der Waals surface area contributed by atoms with E-state index in [1.807, 2.05) is 6.08 Å². The number of hydrogen-bond donors (Lipinski definition) is 3. The smallest absolute Gasteiger partial charge is 0.307 e. The lowest BCUT2D eigenvalue weighted by atomic mass is 9.82. The van der Waals surface area contributed by atoms with Crippen molar-refractivity contribution in [2.75, 3.05) is 5.32 Å². The fraction of sp³-hybridized carbons (Fsp3) is 0.286. The molecule has 0 bridgehead atoms. The second-order valence-corrected chi connectivity index (χ2v) is 4.53. The number of carboxylic acid groups (broad SMARTS) is 1. The number of benzene rings is 1. The fourth-order valence-corrected chi connectivity index (χ4v) is 2.16. The lowest BCUT2D eigenvalue weighted by molar-refractivity contribution is -0.146. The fourth-order valence-electron chi connectivity index (χ4n) is 2.16. The summed E-state index contributed by atoms with van der Waals surface area (Å²) in [5.41, 5.74) is 0.543. The van der Waals surface area contributed by atoms with Crippen LogP contribution in [0, 0.1) is 11.8 Å². The number of carbonyl (C=O) groups excluding carboxylic acids is 1. The first-order valence-corrected chi connectivity index (χ1v) is 6.05. The summed E-state index contributed by atoms with van der Waals surface area (Å²) in [5.74, 6) is -2.38. The Balaban J connectivity index is 2.08. The monoisotopic (exact) mass is 261 g/mol. The van der Waals surface area contributed by atoms with Crippen LogP contribution in [0.15, 0.2) is 36.4 Å². The van der Waals surface area contributed by atoms with Crippen molar-refractivity contribution < 1.29 is 19.8 Å². The molecule has 2 atom stereocenters. The van der Waals surface area contributed by atoms with Crippen LogP contribution in [0.2, 0.25) is 0 Å². The Morgan fingerprint density at radius 1 is 1.05 bits per heavy atom. The first-order valence-electron chi connectivity index (χ1n) is 6.05. The van der Waals surface area contributed by atoms with E-state index in [9.17, 15) is 9.59 Å². The third kappa shape index (κ3) is 3.13. The zero-order valence-electron chi connectivity index (χ0n) is 10.2. The van der Waals surface area contributed by atoms with Crippen LogP contribution in [0.3, 0.4) is 0 Å². The van der Waals surface area contributed by atoms with Crippen molar-refractivity contribution >= 4 is 17.6 Å². The maximum atomic E-state index is 12.1. The summed E-state index contributed by atoms with van der Waals surface area (Å²) in [6.45, 7) is 0. The molecule has 3 N–H and O–H groups in total. The van der Waals surface area contributed by atoms with Gasteiger partial charge in [0.15, 0.2) is 0 Å². The van der Waals surface area contributed by atoms with E-state index in [0.717, 1.165) is 0 Å². The summed E-state index contributed by atoms with van der Waals surface area (Å²) in [7, 11) is 0. The topological polar surface area (TPSA) is 86.6 Å². The predicted octanol–water partition coefficient (Wildman–Crippen LogP) is 2.00. The lowest BCUT2D eigenvalue weighted by Gasteiger charge is -2.24. The van der Waals surface area contributed by atoms with Gasteiger partial charge in [-0.25, -0.2) is 0 Å². The SMILES string of the molecule is O=C(O)C1CC=CCC1C(=O)Nc1ccc(O)cc1. The van der Waals surface area contributed by atoms with Gasteiger partial charge in [-0.05, 0) is 37.1 Å². The second kappa shape index (κ2) is 5.56. The van der Waals surface area contributed by atoms with Crippen molar-refractivity contribution in [3.8, 4) is 5.75 Å². The number of amides is 1. The highest BCUT2D eigenvalue weighted by molar-refractivity contribution is 5.95. The van der Waals surface area contributed by atoms with Crippen LogP contribution in [-0.2, 0) is 9.59 Å². The molecule has 0 saturated heterocycles. The molecule has 19 heavy (non-hydrogen) atoms. The molecule has 5 heteroatoms. The number of phenolic OH excluding ortho intramolecular Hbond substituents is 1. The Morgan fingerprint density at radius 3 is 2.21 bits per heavy atom. The number of rotatable bonds is 3. The molecule has 1 amide bonds. The molecular formula is C14H15NO4. The zero-order chi connectivity index (χ0) is 13.8. The van der Waals surface area contributed by atoms with Crippen LogP contribution >= 0.6 is 0 Å². The van der Waals surface area contributed by atoms with Gasteiger partial charge in [-0.1, -0.05) is 12.2 Å². The summed E-state index contributed by atoms with van der Waals surface area (Å²) < 4.78 is 0. The minimum atomic E-state index is -0.949. The highest BCUT2D eigenvalue weighted by Gasteiger charge is 2.33.